The Morgan fingerprint density at radius 1 is 1.24 bits per heavy atom. The van der Waals surface area contributed by atoms with E-state index < -0.39 is 26.8 Å². The molecule has 11 nitrogen and oxygen atoms in total. The van der Waals surface area contributed by atoms with Gasteiger partial charge in [0, 0.05) is 18.2 Å². The highest BCUT2D eigenvalue weighted by Gasteiger charge is 2.15. The van der Waals surface area contributed by atoms with Crippen molar-refractivity contribution < 1.29 is 27.7 Å². The maximum Gasteiger partial charge on any atom is 0.326 e. The molecule has 2 N–H and O–H groups in total. The summed E-state index contributed by atoms with van der Waals surface area (Å²) in [5.74, 6) is -1.20. The fraction of sp³-hybridized carbons (Fsp3) is 0.150. The minimum absolute atomic E-state index is 0.0766. The summed E-state index contributed by atoms with van der Waals surface area (Å²) in [5.41, 5.74) is 0.955. The van der Waals surface area contributed by atoms with Crippen LogP contribution in [0, 0.1) is 10.1 Å². The molecule has 0 saturated heterocycles. The highest BCUT2D eigenvalue weighted by Crippen LogP contribution is 2.21. The topological polar surface area (TPSA) is 164 Å². The van der Waals surface area contributed by atoms with Crippen LogP contribution in [-0.2, 0) is 30.9 Å². The average Bonchev–Trinajstić information content (AvgIpc) is 3.08. The molecule has 172 valence electrons. The first-order chi connectivity index (χ1) is 15.6. The molecule has 0 saturated carbocycles. The monoisotopic (exact) mass is 490 g/mol. The van der Waals surface area contributed by atoms with Crippen LogP contribution < -0.4 is 9.94 Å². The number of ether oxygens (including phenoxy) is 1. The van der Waals surface area contributed by atoms with Crippen LogP contribution in [0.15, 0.2) is 58.4 Å². The van der Waals surface area contributed by atoms with Gasteiger partial charge in [0.25, 0.3) is 11.6 Å². The van der Waals surface area contributed by atoms with Gasteiger partial charge in [-0.15, -0.1) is 0 Å². The molecule has 2 aromatic carbocycles. The highest BCUT2D eigenvalue weighted by molar-refractivity contribution is 7.89. The van der Waals surface area contributed by atoms with Crippen molar-refractivity contribution >= 4 is 55.2 Å². The van der Waals surface area contributed by atoms with Crippen molar-refractivity contribution in [3.8, 4) is 0 Å². The van der Waals surface area contributed by atoms with Crippen molar-refractivity contribution in [2.24, 2.45) is 10.1 Å². The number of fused-ring (bicyclic) bond motifs is 1. The van der Waals surface area contributed by atoms with Gasteiger partial charge in [-0.1, -0.05) is 11.3 Å². The van der Waals surface area contributed by atoms with E-state index in [1.54, 1.807) is 6.92 Å². The number of aromatic nitrogens is 1. The third kappa shape index (κ3) is 5.97. The zero-order valence-corrected chi connectivity index (χ0v) is 18.8. The molecule has 33 heavy (non-hydrogen) atoms. The van der Waals surface area contributed by atoms with Crippen LogP contribution in [0.1, 0.15) is 12.5 Å². The van der Waals surface area contributed by atoms with Crippen molar-refractivity contribution in [1.29, 1.82) is 0 Å². The number of non-ortho nitro benzene ring substituents is 1. The number of amides is 1. The lowest BCUT2D eigenvalue weighted by atomic mass is 10.2. The molecule has 0 radical (unpaired) electrons. The maximum absolute atomic E-state index is 12.4. The molecule has 1 aromatic heterocycles. The van der Waals surface area contributed by atoms with E-state index in [9.17, 15) is 28.1 Å². The summed E-state index contributed by atoms with van der Waals surface area (Å²) >= 11 is 1.01. The number of hydrogen-bond acceptors (Lipinski definition) is 8. The van der Waals surface area contributed by atoms with Gasteiger partial charge in [-0.05, 0) is 48.9 Å². The lowest BCUT2D eigenvalue weighted by molar-refractivity contribution is -0.384. The van der Waals surface area contributed by atoms with Crippen molar-refractivity contribution in [3.63, 3.8) is 0 Å². The van der Waals surface area contributed by atoms with Crippen molar-refractivity contribution in [2.45, 2.75) is 18.4 Å². The van der Waals surface area contributed by atoms with Gasteiger partial charge in [0.2, 0.25) is 10.0 Å². The van der Waals surface area contributed by atoms with Gasteiger partial charge in [-0.25, -0.2) is 13.6 Å². The Kier molecular flexibility index (Phi) is 7.16. The number of sulfonamides is 1. The van der Waals surface area contributed by atoms with E-state index in [0.29, 0.717) is 15.8 Å². The number of benzene rings is 2. The van der Waals surface area contributed by atoms with Crippen LogP contribution in [0.25, 0.3) is 16.3 Å². The van der Waals surface area contributed by atoms with Gasteiger partial charge in [0.15, 0.2) is 4.80 Å². The van der Waals surface area contributed by atoms with Crippen LogP contribution >= 0.6 is 11.3 Å². The molecule has 0 spiro atoms. The third-order valence-corrected chi connectivity index (χ3v) is 6.26. The van der Waals surface area contributed by atoms with Crippen molar-refractivity contribution in [3.05, 3.63) is 69.0 Å². The Morgan fingerprint density at radius 2 is 1.94 bits per heavy atom. The predicted molar refractivity (Wildman–Crippen MR) is 121 cm³/mol. The number of nitro groups is 1. The number of nitrogens with two attached hydrogens (primary N) is 1. The first-order valence-electron chi connectivity index (χ1n) is 9.41. The maximum atomic E-state index is 12.4. The molecule has 0 aliphatic carbocycles. The van der Waals surface area contributed by atoms with Gasteiger partial charge in [-0.3, -0.25) is 19.7 Å². The van der Waals surface area contributed by atoms with Crippen molar-refractivity contribution in [1.82, 2.24) is 4.57 Å². The van der Waals surface area contributed by atoms with Gasteiger partial charge in [0.05, 0.1) is 26.6 Å². The van der Waals surface area contributed by atoms with E-state index in [1.807, 2.05) is 0 Å². The number of carbonyl (C=O) groups excluding carboxylic acids is 2. The summed E-state index contributed by atoms with van der Waals surface area (Å²) in [4.78, 5) is 38.7. The van der Waals surface area contributed by atoms with Crippen molar-refractivity contribution in [2.75, 3.05) is 6.61 Å². The molecule has 13 heteroatoms. The fourth-order valence-electron chi connectivity index (χ4n) is 2.81. The van der Waals surface area contributed by atoms with E-state index >= 15 is 0 Å². The van der Waals surface area contributed by atoms with Gasteiger partial charge < -0.3 is 9.30 Å². The minimum Gasteiger partial charge on any atom is -0.465 e. The van der Waals surface area contributed by atoms with E-state index in [-0.39, 0.29) is 28.5 Å². The molecule has 3 rings (SSSR count). The van der Waals surface area contributed by atoms with Gasteiger partial charge in [0.1, 0.15) is 6.54 Å². The Morgan fingerprint density at radius 3 is 2.55 bits per heavy atom. The van der Waals surface area contributed by atoms with Gasteiger partial charge in [-0.2, -0.15) is 4.99 Å². The van der Waals surface area contributed by atoms with Crippen LogP contribution in [0.4, 0.5) is 5.69 Å². The van der Waals surface area contributed by atoms with E-state index in [1.165, 1.54) is 59.2 Å². The molecule has 0 fully saturated rings. The first-order valence-corrected chi connectivity index (χ1v) is 11.8. The zero-order valence-electron chi connectivity index (χ0n) is 17.2. The molecule has 1 amide bonds. The Bertz CT molecular complexity index is 1440. The normalized spacial score (nSPS) is 12.4. The SMILES string of the molecule is CCOC(=O)Cn1c(=NC(=O)/C=C\c2ccc([N+](=O)[O-])cc2)sc2cc(S(N)(=O)=O)ccc21. The Balaban J connectivity index is 2.00. The van der Waals surface area contributed by atoms with Crippen LogP contribution in [0.3, 0.4) is 0 Å². The summed E-state index contributed by atoms with van der Waals surface area (Å²) in [6, 6.07) is 9.70. The fourth-order valence-corrected chi connectivity index (χ4v) is 4.50. The number of rotatable bonds is 7. The second-order valence-corrected chi connectivity index (χ2v) is 9.15. The number of nitrogens with zero attached hydrogens (tertiary/aromatic N) is 3. The lowest BCUT2D eigenvalue weighted by Gasteiger charge is -2.05. The van der Waals surface area contributed by atoms with E-state index in [2.05, 4.69) is 4.99 Å². The molecule has 0 aliphatic rings. The molecular formula is C20H18N4O7S2. The molecular weight excluding hydrogens is 472 g/mol. The van der Waals surface area contributed by atoms with Crippen LogP contribution in [-0.4, -0.2) is 36.4 Å². The highest BCUT2D eigenvalue weighted by atomic mass is 32.2. The molecule has 0 atom stereocenters. The minimum atomic E-state index is -3.95. The standard InChI is InChI=1S/C20H18N4O7S2/c1-2-31-19(26)12-23-16-9-8-15(33(21,29)30)11-17(16)32-20(23)22-18(25)10-5-13-3-6-14(7-4-13)24(27)28/h3-11H,2,12H2,1H3,(H2,21,29,30)/b10-5-,22-20?. The number of esters is 1. The zero-order chi connectivity index (χ0) is 24.2. The first kappa shape index (κ1) is 24.0. The molecule has 0 unspecified atom stereocenters. The summed E-state index contributed by atoms with van der Waals surface area (Å²) < 4.78 is 30.2. The number of hydrogen-bond donors (Lipinski definition) is 1. The number of thiazole rings is 1. The largest absolute Gasteiger partial charge is 0.465 e. The molecule has 0 aliphatic heterocycles. The smallest absolute Gasteiger partial charge is 0.326 e. The Hall–Kier alpha value is -3.68. The second kappa shape index (κ2) is 9.85. The third-order valence-electron chi connectivity index (χ3n) is 4.30. The molecule has 3 aromatic rings. The quantitative estimate of drug-likeness (QED) is 0.229. The van der Waals surface area contributed by atoms with Crippen LogP contribution in [0.5, 0.6) is 0 Å². The summed E-state index contributed by atoms with van der Waals surface area (Å²) in [5, 5.41) is 15.9. The van der Waals surface area contributed by atoms with E-state index in [4.69, 9.17) is 9.88 Å². The Labute approximate surface area is 191 Å². The summed E-state index contributed by atoms with van der Waals surface area (Å²) in [7, 11) is -3.95. The predicted octanol–water partition coefficient (Wildman–Crippen LogP) is 1.96. The summed E-state index contributed by atoms with van der Waals surface area (Å²) in [6.07, 6.45) is 2.62. The number of primary sulfonamides is 1. The molecule has 1 heterocycles. The number of nitro benzene ring substituents is 1. The second-order valence-electron chi connectivity index (χ2n) is 6.58. The van der Waals surface area contributed by atoms with Crippen LogP contribution in [0.2, 0.25) is 0 Å². The summed E-state index contributed by atoms with van der Waals surface area (Å²) in [6.45, 7) is 1.59. The lowest BCUT2D eigenvalue weighted by Crippen LogP contribution is -2.22. The van der Waals surface area contributed by atoms with Gasteiger partial charge >= 0.3 is 5.97 Å². The molecule has 0 bridgehead atoms. The van der Waals surface area contributed by atoms with E-state index in [0.717, 1.165) is 11.3 Å². The number of carbonyl (C=O) groups is 2. The average molecular weight is 491 g/mol.